The molecular weight excluding hydrogens is 228 g/mol. The van der Waals surface area contributed by atoms with Crippen LogP contribution in [0, 0.1) is 5.41 Å². The SMILES string of the molecule is CC/C(C)=C(/C)O/C=C(\C)CC(C)(C)C(=O)OC. The summed E-state index contributed by atoms with van der Waals surface area (Å²) >= 11 is 0. The third kappa shape index (κ3) is 5.39. The van der Waals surface area contributed by atoms with Crippen LogP contribution in [0.4, 0.5) is 0 Å². The lowest BCUT2D eigenvalue weighted by Gasteiger charge is -2.21. The van der Waals surface area contributed by atoms with Gasteiger partial charge in [-0.3, -0.25) is 4.79 Å². The van der Waals surface area contributed by atoms with Gasteiger partial charge in [0, 0.05) is 0 Å². The summed E-state index contributed by atoms with van der Waals surface area (Å²) in [5, 5.41) is 0. The van der Waals surface area contributed by atoms with Crippen LogP contribution in [0.15, 0.2) is 23.2 Å². The van der Waals surface area contributed by atoms with E-state index >= 15 is 0 Å². The molecule has 0 N–H and O–H groups in total. The predicted molar refractivity (Wildman–Crippen MR) is 73.9 cm³/mol. The molecule has 3 nitrogen and oxygen atoms in total. The third-order valence-corrected chi connectivity index (χ3v) is 3.03. The van der Waals surface area contributed by atoms with Crippen molar-refractivity contribution >= 4 is 5.97 Å². The van der Waals surface area contributed by atoms with E-state index in [4.69, 9.17) is 9.47 Å². The number of allylic oxidation sites excluding steroid dienone is 3. The first-order chi connectivity index (χ1) is 8.24. The average Bonchev–Trinajstić information content (AvgIpc) is 2.33. The van der Waals surface area contributed by atoms with Crippen molar-refractivity contribution in [1.82, 2.24) is 0 Å². The van der Waals surface area contributed by atoms with Crippen molar-refractivity contribution < 1.29 is 14.3 Å². The Kier molecular flexibility index (Phi) is 6.74. The Labute approximate surface area is 111 Å². The minimum Gasteiger partial charge on any atom is -0.470 e. The van der Waals surface area contributed by atoms with Gasteiger partial charge in [-0.1, -0.05) is 6.92 Å². The molecule has 0 aliphatic carbocycles. The van der Waals surface area contributed by atoms with E-state index in [0.717, 1.165) is 17.8 Å². The molecule has 0 saturated carbocycles. The number of rotatable bonds is 6. The van der Waals surface area contributed by atoms with Crippen molar-refractivity contribution in [1.29, 1.82) is 0 Å². The maximum Gasteiger partial charge on any atom is 0.311 e. The van der Waals surface area contributed by atoms with E-state index in [1.807, 2.05) is 27.7 Å². The molecule has 0 bridgehead atoms. The minimum absolute atomic E-state index is 0.202. The van der Waals surface area contributed by atoms with Crippen LogP contribution in [0.5, 0.6) is 0 Å². The Morgan fingerprint density at radius 1 is 1.22 bits per heavy atom. The topological polar surface area (TPSA) is 35.5 Å². The zero-order valence-corrected chi connectivity index (χ0v) is 12.7. The number of esters is 1. The molecule has 18 heavy (non-hydrogen) atoms. The number of carbonyl (C=O) groups excluding carboxylic acids is 1. The first-order valence-electron chi connectivity index (χ1n) is 6.31. The van der Waals surface area contributed by atoms with E-state index in [2.05, 4.69) is 13.8 Å². The van der Waals surface area contributed by atoms with Gasteiger partial charge in [0.2, 0.25) is 0 Å². The molecule has 0 fully saturated rings. The van der Waals surface area contributed by atoms with Gasteiger partial charge in [-0.2, -0.15) is 0 Å². The first-order valence-corrected chi connectivity index (χ1v) is 6.31. The van der Waals surface area contributed by atoms with Gasteiger partial charge in [-0.15, -0.1) is 0 Å². The molecular formula is C15H26O3. The molecule has 0 aromatic carbocycles. The van der Waals surface area contributed by atoms with E-state index in [1.54, 1.807) is 6.26 Å². The Morgan fingerprint density at radius 2 is 1.78 bits per heavy atom. The van der Waals surface area contributed by atoms with Gasteiger partial charge in [-0.25, -0.2) is 0 Å². The highest BCUT2D eigenvalue weighted by Gasteiger charge is 2.28. The summed E-state index contributed by atoms with van der Waals surface area (Å²) in [5.41, 5.74) is 1.73. The van der Waals surface area contributed by atoms with Crippen LogP contribution in [0.25, 0.3) is 0 Å². The summed E-state index contributed by atoms with van der Waals surface area (Å²) in [6.07, 6.45) is 3.32. The third-order valence-electron chi connectivity index (χ3n) is 3.03. The molecule has 104 valence electrons. The monoisotopic (exact) mass is 254 g/mol. The lowest BCUT2D eigenvalue weighted by atomic mass is 9.86. The highest BCUT2D eigenvalue weighted by Crippen LogP contribution is 2.26. The molecule has 0 aliphatic rings. The second-order valence-corrected chi connectivity index (χ2v) is 5.32. The van der Waals surface area contributed by atoms with E-state index in [0.29, 0.717) is 6.42 Å². The summed E-state index contributed by atoms with van der Waals surface area (Å²) in [4.78, 5) is 11.6. The van der Waals surface area contributed by atoms with Crippen LogP contribution in [-0.4, -0.2) is 13.1 Å². The van der Waals surface area contributed by atoms with E-state index in [1.165, 1.54) is 12.7 Å². The van der Waals surface area contributed by atoms with Gasteiger partial charge < -0.3 is 9.47 Å². The van der Waals surface area contributed by atoms with Crippen LogP contribution in [0.1, 0.15) is 54.4 Å². The van der Waals surface area contributed by atoms with E-state index in [-0.39, 0.29) is 5.97 Å². The van der Waals surface area contributed by atoms with Crippen molar-refractivity contribution in [2.45, 2.75) is 54.4 Å². The second kappa shape index (κ2) is 7.24. The van der Waals surface area contributed by atoms with E-state index < -0.39 is 5.41 Å². The molecule has 0 aromatic heterocycles. The minimum atomic E-state index is -0.518. The average molecular weight is 254 g/mol. The zero-order chi connectivity index (χ0) is 14.3. The van der Waals surface area contributed by atoms with Crippen molar-refractivity contribution in [2.75, 3.05) is 7.11 Å². The van der Waals surface area contributed by atoms with Crippen molar-refractivity contribution in [3.05, 3.63) is 23.2 Å². The molecule has 0 saturated heterocycles. The number of ether oxygens (including phenoxy) is 2. The summed E-state index contributed by atoms with van der Waals surface area (Å²) in [5.74, 6) is 0.722. The van der Waals surface area contributed by atoms with Crippen LogP contribution >= 0.6 is 0 Å². The first kappa shape index (κ1) is 16.8. The normalized spacial score (nSPS) is 14.1. The van der Waals surface area contributed by atoms with Crippen LogP contribution < -0.4 is 0 Å². The Hall–Kier alpha value is -1.25. The molecule has 0 spiro atoms. The fourth-order valence-electron chi connectivity index (χ4n) is 1.63. The van der Waals surface area contributed by atoms with Crippen molar-refractivity contribution in [3.8, 4) is 0 Å². The highest BCUT2D eigenvalue weighted by atomic mass is 16.5. The lowest BCUT2D eigenvalue weighted by Crippen LogP contribution is -2.25. The Morgan fingerprint density at radius 3 is 2.22 bits per heavy atom. The Balaban J connectivity index is 4.59. The van der Waals surface area contributed by atoms with Gasteiger partial charge >= 0.3 is 5.97 Å². The molecule has 0 atom stereocenters. The van der Waals surface area contributed by atoms with Crippen molar-refractivity contribution in [3.63, 3.8) is 0 Å². The molecule has 0 rings (SSSR count). The molecule has 0 aliphatic heterocycles. The van der Waals surface area contributed by atoms with Crippen LogP contribution in [0.3, 0.4) is 0 Å². The number of methoxy groups -OCH3 is 1. The second-order valence-electron chi connectivity index (χ2n) is 5.32. The molecule has 3 heteroatoms. The van der Waals surface area contributed by atoms with Gasteiger partial charge in [0.25, 0.3) is 0 Å². The number of hydrogen-bond acceptors (Lipinski definition) is 3. The Bertz CT molecular complexity index is 349. The van der Waals surface area contributed by atoms with Gasteiger partial charge in [0.05, 0.1) is 24.5 Å². The fraction of sp³-hybridized carbons (Fsp3) is 0.667. The zero-order valence-electron chi connectivity index (χ0n) is 12.7. The summed E-state index contributed by atoms with van der Waals surface area (Å²) < 4.78 is 10.4. The summed E-state index contributed by atoms with van der Waals surface area (Å²) in [6.45, 7) is 11.8. The lowest BCUT2D eigenvalue weighted by molar-refractivity contribution is -0.150. The van der Waals surface area contributed by atoms with Gasteiger partial charge in [0.15, 0.2) is 0 Å². The molecule has 0 amide bonds. The molecule has 0 heterocycles. The summed E-state index contributed by atoms with van der Waals surface area (Å²) in [7, 11) is 1.41. The van der Waals surface area contributed by atoms with Crippen LogP contribution in [0.2, 0.25) is 0 Å². The maximum atomic E-state index is 11.6. The molecule has 0 unspecified atom stereocenters. The predicted octanol–water partition coefficient (Wildman–Crippen LogP) is 4.20. The highest BCUT2D eigenvalue weighted by molar-refractivity contribution is 5.76. The van der Waals surface area contributed by atoms with Gasteiger partial charge in [-0.05, 0) is 58.6 Å². The van der Waals surface area contributed by atoms with Crippen molar-refractivity contribution in [2.24, 2.45) is 5.41 Å². The number of carbonyl (C=O) groups is 1. The summed E-state index contributed by atoms with van der Waals surface area (Å²) in [6, 6.07) is 0. The smallest absolute Gasteiger partial charge is 0.311 e. The molecule has 0 radical (unpaired) electrons. The molecule has 0 aromatic rings. The van der Waals surface area contributed by atoms with Crippen LogP contribution in [-0.2, 0) is 14.3 Å². The largest absolute Gasteiger partial charge is 0.470 e. The van der Waals surface area contributed by atoms with Gasteiger partial charge in [0.1, 0.15) is 0 Å². The fourth-order valence-corrected chi connectivity index (χ4v) is 1.63. The quantitative estimate of drug-likeness (QED) is 0.526. The van der Waals surface area contributed by atoms with E-state index in [9.17, 15) is 4.79 Å². The maximum absolute atomic E-state index is 11.6. The number of hydrogen-bond donors (Lipinski definition) is 0. The standard InChI is InChI=1S/C15H26O3/c1-8-12(3)13(4)18-10-11(2)9-15(5,6)14(16)17-7/h10H,8-9H2,1-7H3/b11-10+,13-12-.